The van der Waals surface area contributed by atoms with Crippen LogP contribution >= 0.6 is 0 Å². The predicted octanol–water partition coefficient (Wildman–Crippen LogP) is 1.55. The highest BCUT2D eigenvalue weighted by atomic mass is 19.1. The van der Waals surface area contributed by atoms with Gasteiger partial charge in [-0.05, 0) is 24.6 Å². The van der Waals surface area contributed by atoms with Crippen LogP contribution in [0.4, 0.5) is 10.2 Å². The Morgan fingerprint density at radius 1 is 1.40 bits per heavy atom. The van der Waals surface area contributed by atoms with Gasteiger partial charge in [0, 0.05) is 25.5 Å². The van der Waals surface area contributed by atoms with Gasteiger partial charge in [-0.1, -0.05) is 12.1 Å². The summed E-state index contributed by atoms with van der Waals surface area (Å²) in [5.41, 5.74) is 0.340. The molecule has 1 heterocycles. The Morgan fingerprint density at radius 2 is 2.10 bits per heavy atom. The van der Waals surface area contributed by atoms with Crippen LogP contribution in [0.3, 0.4) is 0 Å². The van der Waals surface area contributed by atoms with E-state index in [1.807, 2.05) is 6.92 Å². The Hall–Kier alpha value is -2.21. The molecule has 2 rings (SSSR count). The number of aliphatic hydroxyl groups is 1. The SMILES string of the molecule is CCn1ccnc(NCC(O)c2ccc(F)cc2)c1=O. The summed E-state index contributed by atoms with van der Waals surface area (Å²) in [7, 11) is 0. The second-order valence-electron chi connectivity index (χ2n) is 4.32. The number of nitrogens with zero attached hydrogens (tertiary/aromatic N) is 2. The van der Waals surface area contributed by atoms with Gasteiger partial charge in [0.05, 0.1) is 6.10 Å². The van der Waals surface area contributed by atoms with Crippen LogP contribution in [0.25, 0.3) is 0 Å². The first-order chi connectivity index (χ1) is 9.61. The fourth-order valence-corrected chi connectivity index (χ4v) is 1.81. The van der Waals surface area contributed by atoms with Crippen molar-refractivity contribution in [2.45, 2.75) is 19.6 Å². The topological polar surface area (TPSA) is 67.2 Å². The molecule has 20 heavy (non-hydrogen) atoms. The van der Waals surface area contributed by atoms with E-state index in [-0.39, 0.29) is 23.7 Å². The molecule has 0 aliphatic carbocycles. The minimum atomic E-state index is -0.841. The van der Waals surface area contributed by atoms with E-state index in [1.165, 1.54) is 35.0 Å². The molecule has 2 N–H and O–H groups in total. The molecular formula is C14H16FN3O2. The molecule has 0 aliphatic rings. The van der Waals surface area contributed by atoms with Gasteiger partial charge in [0.25, 0.3) is 5.56 Å². The standard InChI is InChI=1S/C14H16FN3O2/c1-2-18-8-7-16-13(14(18)20)17-9-12(19)10-3-5-11(15)6-4-10/h3-8,12,19H,2,9H2,1H3,(H,16,17). The average Bonchev–Trinajstić information content (AvgIpc) is 2.46. The molecule has 1 aromatic heterocycles. The smallest absolute Gasteiger partial charge is 0.293 e. The lowest BCUT2D eigenvalue weighted by molar-refractivity contribution is 0.191. The molecule has 0 radical (unpaired) electrons. The normalized spacial score (nSPS) is 12.2. The van der Waals surface area contributed by atoms with Crippen LogP contribution < -0.4 is 10.9 Å². The summed E-state index contributed by atoms with van der Waals surface area (Å²) in [6.45, 7) is 2.54. The second kappa shape index (κ2) is 6.29. The van der Waals surface area contributed by atoms with Crippen molar-refractivity contribution in [3.05, 3.63) is 58.4 Å². The van der Waals surface area contributed by atoms with Crippen molar-refractivity contribution in [1.82, 2.24) is 9.55 Å². The minimum Gasteiger partial charge on any atom is -0.387 e. The van der Waals surface area contributed by atoms with Crippen molar-refractivity contribution in [2.24, 2.45) is 0 Å². The third-order valence-electron chi connectivity index (χ3n) is 2.97. The molecule has 0 saturated carbocycles. The maximum atomic E-state index is 12.8. The quantitative estimate of drug-likeness (QED) is 0.870. The van der Waals surface area contributed by atoms with Crippen molar-refractivity contribution in [2.75, 3.05) is 11.9 Å². The van der Waals surface area contributed by atoms with Gasteiger partial charge in [-0.25, -0.2) is 9.37 Å². The second-order valence-corrected chi connectivity index (χ2v) is 4.32. The van der Waals surface area contributed by atoms with E-state index in [2.05, 4.69) is 10.3 Å². The van der Waals surface area contributed by atoms with Gasteiger partial charge in [0.1, 0.15) is 5.82 Å². The highest BCUT2D eigenvalue weighted by molar-refractivity contribution is 5.32. The van der Waals surface area contributed by atoms with E-state index in [0.717, 1.165) is 0 Å². The van der Waals surface area contributed by atoms with Crippen LogP contribution in [0.15, 0.2) is 41.5 Å². The van der Waals surface area contributed by atoms with Gasteiger partial charge in [-0.3, -0.25) is 4.79 Å². The number of anilines is 1. The van der Waals surface area contributed by atoms with Crippen molar-refractivity contribution < 1.29 is 9.50 Å². The highest BCUT2D eigenvalue weighted by Gasteiger charge is 2.09. The lowest BCUT2D eigenvalue weighted by Crippen LogP contribution is -2.25. The van der Waals surface area contributed by atoms with E-state index in [9.17, 15) is 14.3 Å². The number of nitrogens with one attached hydrogen (secondary N) is 1. The molecule has 1 aromatic carbocycles. The third-order valence-corrected chi connectivity index (χ3v) is 2.97. The van der Waals surface area contributed by atoms with E-state index in [4.69, 9.17) is 0 Å². The van der Waals surface area contributed by atoms with Crippen LogP contribution in [0, 0.1) is 5.82 Å². The number of hydrogen-bond donors (Lipinski definition) is 2. The van der Waals surface area contributed by atoms with E-state index in [0.29, 0.717) is 12.1 Å². The highest BCUT2D eigenvalue weighted by Crippen LogP contribution is 2.13. The summed E-state index contributed by atoms with van der Waals surface area (Å²) in [6.07, 6.45) is 2.29. The summed E-state index contributed by atoms with van der Waals surface area (Å²) in [4.78, 5) is 15.9. The fourth-order valence-electron chi connectivity index (χ4n) is 1.81. The number of aromatic nitrogens is 2. The van der Waals surface area contributed by atoms with Gasteiger partial charge in [0.2, 0.25) is 0 Å². The number of aliphatic hydroxyl groups excluding tert-OH is 1. The minimum absolute atomic E-state index is 0.127. The largest absolute Gasteiger partial charge is 0.387 e. The summed E-state index contributed by atoms with van der Waals surface area (Å²) in [5.74, 6) is -0.167. The first-order valence-electron chi connectivity index (χ1n) is 6.34. The van der Waals surface area contributed by atoms with Crippen LogP contribution in [0.5, 0.6) is 0 Å². The maximum absolute atomic E-state index is 12.8. The summed E-state index contributed by atoms with van der Waals surface area (Å²) < 4.78 is 14.3. The van der Waals surface area contributed by atoms with Crippen LogP contribution in [0.1, 0.15) is 18.6 Å². The molecule has 0 bridgehead atoms. The lowest BCUT2D eigenvalue weighted by atomic mass is 10.1. The third kappa shape index (κ3) is 3.21. The Morgan fingerprint density at radius 3 is 2.75 bits per heavy atom. The first kappa shape index (κ1) is 14.2. The van der Waals surface area contributed by atoms with Crippen molar-refractivity contribution in [3.8, 4) is 0 Å². The zero-order valence-electron chi connectivity index (χ0n) is 11.1. The molecule has 0 spiro atoms. The van der Waals surface area contributed by atoms with Gasteiger partial charge >= 0.3 is 0 Å². The summed E-state index contributed by atoms with van der Waals surface area (Å²) in [6, 6.07) is 5.57. The Balaban J connectivity index is 2.05. The molecule has 5 nitrogen and oxygen atoms in total. The molecule has 106 valence electrons. The molecule has 2 aromatic rings. The molecule has 1 unspecified atom stereocenters. The number of halogens is 1. The van der Waals surface area contributed by atoms with Gasteiger partial charge < -0.3 is 15.0 Å². The number of rotatable bonds is 5. The number of benzene rings is 1. The van der Waals surface area contributed by atoms with E-state index >= 15 is 0 Å². The molecule has 0 aliphatic heterocycles. The molecular weight excluding hydrogens is 261 g/mol. The summed E-state index contributed by atoms with van der Waals surface area (Å²) >= 11 is 0. The van der Waals surface area contributed by atoms with Crippen molar-refractivity contribution in [3.63, 3.8) is 0 Å². The molecule has 0 fully saturated rings. The number of hydrogen-bond acceptors (Lipinski definition) is 4. The Bertz CT molecular complexity index is 625. The van der Waals surface area contributed by atoms with E-state index in [1.54, 1.807) is 6.20 Å². The molecule has 6 heteroatoms. The zero-order chi connectivity index (χ0) is 14.5. The molecule has 0 amide bonds. The van der Waals surface area contributed by atoms with Crippen LogP contribution in [0.2, 0.25) is 0 Å². The van der Waals surface area contributed by atoms with Crippen LogP contribution in [-0.4, -0.2) is 21.2 Å². The van der Waals surface area contributed by atoms with Gasteiger partial charge in [-0.15, -0.1) is 0 Å². The zero-order valence-corrected chi connectivity index (χ0v) is 11.1. The maximum Gasteiger partial charge on any atom is 0.293 e. The molecule has 0 saturated heterocycles. The van der Waals surface area contributed by atoms with Gasteiger partial charge in [-0.2, -0.15) is 0 Å². The first-order valence-corrected chi connectivity index (χ1v) is 6.34. The van der Waals surface area contributed by atoms with Crippen molar-refractivity contribution in [1.29, 1.82) is 0 Å². The van der Waals surface area contributed by atoms with Gasteiger partial charge in [0.15, 0.2) is 5.82 Å². The Kier molecular flexibility index (Phi) is 4.47. The predicted molar refractivity (Wildman–Crippen MR) is 74.0 cm³/mol. The lowest BCUT2D eigenvalue weighted by Gasteiger charge is -2.13. The fraction of sp³-hybridized carbons (Fsp3) is 0.286. The number of aryl methyl sites for hydroxylation is 1. The Labute approximate surface area is 115 Å². The van der Waals surface area contributed by atoms with E-state index < -0.39 is 6.10 Å². The molecule has 1 atom stereocenters. The average molecular weight is 277 g/mol. The van der Waals surface area contributed by atoms with Crippen molar-refractivity contribution >= 4 is 5.82 Å². The van der Waals surface area contributed by atoms with Crippen LogP contribution in [-0.2, 0) is 6.54 Å². The summed E-state index contributed by atoms with van der Waals surface area (Å²) in [5, 5.41) is 12.8. The monoisotopic (exact) mass is 277 g/mol.